The SMILES string of the molecule is CCCCCNc1cc(Br)cc(F)c1C(N)=O. The van der Waals surface area contributed by atoms with Gasteiger partial charge in [-0.1, -0.05) is 35.7 Å². The molecule has 1 aromatic rings. The molecule has 0 fully saturated rings. The van der Waals surface area contributed by atoms with Crippen molar-refractivity contribution in [3.05, 3.63) is 28.0 Å². The van der Waals surface area contributed by atoms with Crippen molar-refractivity contribution in [2.24, 2.45) is 5.73 Å². The Kier molecular flexibility index (Phi) is 5.41. The van der Waals surface area contributed by atoms with Crippen LogP contribution in [0.4, 0.5) is 10.1 Å². The summed E-state index contributed by atoms with van der Waals surface area (Å²) in [5, 5.41) is 3.04. The third-order valence-corrected chi connectivity index (χ3v) is 2.86. The van der Waals surface area contributed by atoms with Crippen molar-refractivity contribution in [1.82, 2.24) is 0 Å². The van der Waals surface area contributed by atoms with E-state index in [1.165, 1.54) is 6.07 Å². The van der Waals surface area contributed by atoms with Gasteiger partial charge in [-0.05, 0) is 18.6 Å². The number of carbonyl (C=O) groups is 1. The Morgan fingerprint density at radius 1 is 1.47 bits per heavy atom. The number of anilines is 1. The summed E-state index contributed by atoms with van der Waals surface area (Å²) in [5.41, 5.74) is 5.53. The first-order valence-corrected chi connectivity index (χ1v) is 6.38. The number of amides is 1. The van der Waals surface area contributed by atoms with E-state index in [-0.39, 0.29) is 5.56 Å². The maximum atomic E-state index is 13.6. The van der Waals surface area contributed by atoms with Crippen molar-refractivity contribution in [1.29, 1.82) is 0 Å². The molecule has 0 unspecified atom stereocenters. The molecule has 17 heavy (non-hydrogen) atoms. The lowest BCUT2D eigenvalue weighted by Gasteiger charge is -2.11. The second kappa shape index (κ2) is 6.59. The Labute approximate surface area is 109 Å². The van der Waals surface area contributed by atoms with Crippen LogP contribution in [0.15, 0.2) is 16.6 Å². The third kappa shape index (κ3) is 4.00. The summed E-state index contributed by atoms with van der Waals surface area (Å²) >= 11 is 3.19. The maximum absolute atomic E-state index is 13.6. The molecular formula is C12H16BrFN2O. The molecule has 1 aromatic carbocycles. The summed E-state index contributed by atoms with van der Waals surface area (Å²) in [6.45, 7) is 2.80. The number of nitrogens with one attached hydrogen (secondary N) is 1. The van der Waals surface area contributed by atoms with E-state index in [9.17, 15) is 9.18 Å². The molecule has 0 bridgehead atoms. The van der Waals surface area contributed by atoms with Crippen LogP contribution in [0.5, 0.6) is 0 Å². The Hall–Kier alpha value is -1.10. The molecule has 3 N–H and O–H groups in total. The van der Waals surface area contributed by atoms with Gasteiger partial charge in [0.15, 0.2) is 0 Å². The average Bonchev–Trinajstić information content (AvgIpc) is 2.22. The molecule has 0 radical (unpaired) electrons. The molecule has 0 aromatic heterocycles. The molecule has 94 valence electrons. The molecule has 0 saturated carbocycles. The number of unbranched alkanes of at least 4 members (excludes halogenated alkanes) is 2. The topological polar surface area (TPSA) is 55.1 Å². The molecule has 3 nitrogen and oxygen atoms in total. The second-order valence-corrected chi connectivity index (χ2v) is 4.72. The number of benzene rings is 1. The predicted molar refractivity (Wildman–Crippen MR) is 70.6 cm³/mol. The zero-order valence-electron chi connectivity index (χ0n) is 9.72. The second-order valence-electron chi connectivity index (χ2n) is 3.81. The van der Waals surface area contributed by atoms with E-state index in [0.29, 0.717) is 16.7 Å². The van der Waals surface area contributed by atoms with Crippen molar-refractivity contribution < 1.29 is 9.18 Å². The molecule has 5 heteroatoms. The maximum Gasteiger partial charge on any atom is 0.253 e. The summed E-state index contributed by atoms with van der Waals surface area (Å²) in [5.74, 6) is -1.36. The molecule has 0 heterocycles. The van der Waals surface area contributed by atoms with Crippen LogP contribution >= 0.6 is 15.9 Å². The molecule has 0 spiro atoms. The molecule has 1 rings (SSSR count). The number of hydrogen-bond acceptors (Lipinski definition) is 2. The van der Waals surface area contributed by atoms with Gasteiger partial charge in [0.25, 0.3) is 5.91 Å². The van der Waals surface area contributed by atoms with E-state index in [4.69, 9.17) is 5.73 Å². The van der Waals surface area contributed by atoms with Gasteiger partial charge in [0.2, 0.25) is 0 Å². The monoisotopic (exact) mass is 302 g/mol. The van der Waals surface area contributed by atoms with E-state index in [0.717, 1.165) is 19.3 Å². The van der Waals surface area contributed by atoms with Gasteiger partial charge in [0.1, 0.15) is 5.82 Å². The summed E-state index contributed by atoms with van der Waals surface area (Å²) in [6.07, 6.45) is 3.18. The number of rotatable bonds is 6. The minimum atomic E-state index is -0.756. The highest BCUT2D eigenvalue weighted by Gasteiger charge is 2.14. The van der Waals surface area contributed by atoms with Gasteiger partial charge in [0, 0.05) is 11.0 Å². The van der Waals surface area contributed by atoms with Crippen LogP contribution in [0.1, 0.15) is 36.5 Å². The van der Waals surface area contributed by atoms with Crippen LogP contribution < -0.4 is 11.1 Å². The van der Waals surface area contributed by atoms with Crippen molar-refractivity contribution in [2.75, 3.05) is 11.9 Å². The highest BCUT2D eigenvalue weighted by Crippen LogP contribution is 2.24. The van der Waals surface area contributed by atoms with Crippen molar-refractivity contribution in [2.45, 2.75) is 26.2 Å². The van der Waals surface area contributed by atoms with Gasteiger partial charge in [-0.25, -0.2) is 4.39 Å². The van der Waals surface area contributed by atoms with Crippen molar-refractivity contribution in [3.63, 3.8) is 0 Å². The third-order valence-electron chi connectivity index (χ3n) is 2.40. The Morgan fingerprint density at radius 3 is 2.76 bits per heavy atom. The largest absolute Gasteiger partial charge is 0.384 e. The highest BCUT2D eigenvalue weighted by atomic mass is 79.9. The standard InChI is InChI=1S/C12H16BrFN2O/c1-2-3-4-5-16-10-7-8(13)6-9(14)11(10)12(15)17/h6-7,16H,2-5H2,1H3,(H2,15,17). The minimum absolute atomic E-state index is 0.0790. The van der Waals surface area contributed by atoms with Crippen molar-refractivity contribution in [3.8, 4) is 0 Å². The van der Waals surface area contributed by atoms with E-state index >= 15 is 0 Å². The van der Waals surface area contributed by atoms with Gasteiger partial charge in [0.05, 0.1) is 11.3 Å². The Bertz CT molecular complexity index is 410. The number of hydrogen-bond donors (Lipinski definition) is 2. The lowest BCUT2D eigenvalue weighted by Crippen LogP contribution is -2.17. The van der Waals surface area contributed by atoms with Gasteiger partial charge >= 0.3 is 0 Å². The smallest absolute Gasteiger partial charge is 0.253 e. The fourth-order valence-electron chi connectivity index (χ4n) is 1.56. The first-order chi connectivity index (χ1) is 8.06. The fourth-order valence-corrected chi connectivity index (χ4v) is 1.99. The summed E-state index contributed by atoms with van der Waals surface area (Å²) in [6, 6.07) is 2.90. The molecule has 0 aliphatic heterocycles. The number of carbonyl (C=O) groups excluding carboxylic acids is 1. The average molecular weight is 303 g/mol. The van der Waals surface area contributed by atoms with Crippen LogP contribution in [-0.4, -0.2) is 12.5 Å². The molecule has 0 saturated heterocycles. The fraction of sp³-hybridized carbons (Fsp3) is 0.417. The van der Waals surface area contributed by atoms with Gasteiger partial charge < -0.3 is 11.1 Å². The molecule has 0 aliphatic carbocycles. The lowest BCUT2D eigenvalue weighted by molar-refractivity contribution is 0.0997. The zero-order chi connectivity index (χ0) is 12.8. The summed E-state index contributed by atoms with van der Waals surface area (Å²) in [4.78, 5) is 11.2. The normalized spacial score (nSPS) is 10.3. The van der Waals surface area contributed by atoms with Crippen LogP contribution in [-0.2, 0) is 0 Å². The number of primary amides is 1. The molecule has 0 atom stereocenters. The number of halogens is 2. The Balaban J connectivity index is 2.85. The Morgan fingerprint density at radius 2 is 2.18 bits per heavy atom. The first kappa shape index (κ1) is 14.0. The summed E-state index contributed by atoms with van der Waals surface area (Å²) in [7, 11) is 0. The number of nitrogens with two attached hydrogens (primary N) is 1. The molecule has 0 aliphatic rings. The quantitative estimate of drug-likeness (QED) is 0.792. The van der Waals surface area contributed by atoms with Crippen molar-refractivity contribution >= 4 is 27.5 Å². The minimum Gasteiger partial charge on any atom is -0.384 e. The van der Waals surface area contributed by atoms with E-state index in [2.05, 4.69) is 28.2 Å². The van der Waals surface area contributed by atoms with E-state index < -0.39 is 11.7 Å². The zero-order valence-corrected chi connectivity index (χ0v) is 11.3. The van der Waals surface area contributed by atoms with Crippen LogP contribution in [0.3, 0.4) is 0 Å². The van der Waals surface area contributed by atoms with E-state index in [1.807, 2.05) is 0 Å². The van der Waals surface area contributed by atoms with E-state index in [1.54, 1.807) is 6.07 Å². The van der Waals surface area contributed by atoms with Gasteiger partial charge in [-0.15, -0.1) is 0 Å². The molecular weight excluding hydrogens is 287 g/mol. The van der Waals surface area contributed by atoms with Crippen LogP contribution in [0, 0.1) is 5.82 Å². The lowest BCUT2D eigenvalue weighted by atomic mass is 10.1. The predicted octanol–water partition coefficient (Wildman–Crippen LogP) is 3.29. The van der Waals surface area contributed by atoms with Crippen LogP contribution in [0.2, 0.25) is 0 Å². The highest BCUT2D eigenvalue weighted by molar-refractivity contribution is 9.10. The summed E-state index contributed by atoms with van der Waals surface area (Å²) < 4.78 is 14.1. The molecule has 1 amide bonds. The van der Waals surface area contributed by atoms with Crippen LogP contribution in [0.25, 0.3) is 0 Å². The van der Waals surface area contributed by atoms with Gasteiger partial charge in [-0.2, -0.15) is 0 Å². The first-order valence-electron chi connectivity index (χ1n) is 5.59. The van der Waals surface area contributed by atoms with Gasteiger partial charge in [-0.3, -0.25) is 4.79 Å².